The molecule has 21 heavy (non-hydrogen) atoms. The summed E-state index contributed by atoms with van der Waals surface area (Å²) in [6.45, 7) is -1.38. The van der Waals surface area contributed by atoms with Crippen molar-refractivity contribution >= 4 is 29.3 Å². The maximum absolute atomic E-state index is 12.0. The Morgan fingerprint density at radius 2 is 1.57 bits per heavy atom. The molecule has 1 rings (SSSR count). The molecule has 0 heterocycles. The van der Waals surface area contributed by atoms with Crippen LogP contribution in [0.2, 0.25) is 0 Å². The summed E-state index contributed by atoms with van der Waals surface area (Å²) in [5.41, 5.74) is 1.18. The predicted molar refractivity (Wildman–Crippen MR) is 76.6 cm³/mol. The summed E-state index contributed by atoms with van der Waals surface area (Å²) in [4.78, 5) is 35.9. The summed E-state index contributed by atoms with van der Waals surface area (Å²) in [6.07, 6.45) is 0. The van der Waals surface area contributed by atoms with E-state index in [1.165, 1.54) is 0 Å². The maximum atomic E-state index is 12.0. The van der Waals surface area contributed by atoms with Crippen LogP contribution >= 0.6 is 0 Å². The van der Waals surface area contributed by atoms with E-state index in [2.05, 4.69) is 5.32 Å². The third-order valence-electron chi connectivity index (χ3n) is 2.57. The van der Waals surface area contributed by atoms with Crippen LogP contribution < -0.4 is 10.2 Å². The van der Waals surface area contributed by atoms with E-state index >= 15 is 0 Å². The van der Waals surface area contributed by atoms with Crippen LogP contribution in [0.25, 0.3) is 0 Å². The Labute approximate surface area is 121 Å². The number of carboxylic acids is 2. The smallest absolute Gasteiger partial charge is 0.323 e. The number of nitrogens with one attached hydrogen (secondary N) is 1. The lowest BCUT2D eigenvalue weighted by Crippen LogP contribution is -2.42. The molecule has 0 atom stereocenters. The number of para-hydroxylation sites is 2. The molecule has 114 valence electrons. The van der Waals surface area contributed by atoms with E-state index < -0.39 is 31.1 Å². The SMILES string of the molecule is CN(C)c1ccccc1NC(=O)N(CC(=O)O)CC(=O)O. The minimum absolute atomic E-state index is 0.466. The Morgan fingerprint density at radius 1 is 1.05 bits per heavy atom. The first-order valence-electron chi connectivity index (χ1n) is 6.07. The number of benzene rings is 1. The van der Waals surface area contributed by atoms with Crippen molar-refractivity contribution in [3.8, 4) is 0 Å². The first kappa shape index (κ1) is 16.3. The first-order valence-corrected chi connectivity index (χ1v) is 6.07. The summed E-state index contributed by atoms with van der Waals surface area (Å²) < 4.78 is 0. The Hall–Kier alpha value is -2.77. The van der Waals surface area contributed by atoms with E-state index in [-0.39, 0.29) is 0 Å². The van der Waals surface area contributed by atoms with Gasteiger partial charge in [0.05, 0.1) is 11.4 Å². The second kappa shape index (κ2) is 7.13. The van der Waals surface area contributed by atoms with E-state index in [0.717, 1.165) is 5.69 Å². The van der Waals surface area contributed by atoms with E-state index in [0.29, 0.717) is 10.6 Å². The fraction of sp³-hybridized carbons (Fsp3) is 0.308. The minimum Gasteiger partial charge on any atom is -0.480 e. The van der Waals surface area contributed by atoms with E-state index in [4.69, 9.17) is 10.2 Å². The molecule has 0 aromatic heterocycles. The van der Waals surface area contributed by atoms with Crippen LogP contribution in [0.5, 0.6) is 0 Å². The monoisotopic (exact) mass is 295 g/mol. The first-order chi connectivity index (χ1) is 9.81. The number of hydrogen-bond acceptors (Lipinski definition) is 4. The second-order valence-electron chi connectivity index (χ2n) is 4.49. The third-order valence-corrected chi connectivity index (χ3v) is 2.57. The molecule has 1 aromatic rings. The van der Waals surface area contributed by atoms with Gasteiger partial charge in [0.1, 0.15) is 13.1 Å². The van der Waals surface area contributed by atoms with E-state index in [1.807, 2.05) is 0 Å². The largest absolute Gasteiger partial charge is 0.480 e. The molecule has 8 heteroatoms. The zero-order valence-corrected chi connectivity index (χ0v) is 11.7. The topological polar surface area (TPSA) is 110 Å². The van der Waals surface area contributed by atoms with Crippen molar-refractivity contribution in [2.45, 2.75) is 0 Å². The number of aliphatic carboxylic acids is 2. The van der Waals surface area contributed by atoms with Crippen LogP contribution in [0.4, 0.5) is 16.2 Å². The molecular formula is C13H17N3O5. The fourth-order valence-corrected chi connectivity index (χ4v) is 1.69. The fourth-order valence-electron chi connectivity index (χ4n) is 1.69. The highest BCUT2D eigenvalue weighted by Gasteiger charge is 2.20. The molecule has 0 spiro atoms. The van der Waals surface area contributed by atoms with Gasteiger partial charge in [0.2, 0.25) is 0 Å². The molecule has 0 aliphatic carbocycles. The van der Waals surface area contributed by atoms with Crippen LogP contribution in [0.15, 0.2) is 24.3 Å². The zero-order chi connectivity index (χ0) is 16.0. The third kappa shape index (κ3) is 5.01. The van der Waals surface area contributed by atoms with Crippen LogP contribution in [0.3, 0.4) is 0 Å². The van der Waals surface area contributed by atoms with Crippen LogP contribution in [-0.4, -0.2) is 60.3 Å². The quantitative estimate of drug-likeness (QED) is 0.714. The number of urea groups is 1. The number of anilines is 2. The summed E-state index contributed by atoms with van der Waals surface area (Å²) in [7, 11) is 3.58. The summed E-state index contributed by atoms with van der Waals surface area (Å²) in [6, 6.07) is 6.13. The molecule has 0 bridgehead atoms. The number of carbonyl (C=O) groups excluding carboxylic acids is 1. The molecule has 1 aromatic carbocycles. The van der Waals surface area contributed by atoms with Crippen molar-refractivity contribution in [1.29, 1.82) is 0 Å². The van der Waals surface area contributed by atoms with Gasteiger partial charge < -0.3 is 25.3 Å². The lowest BCUT2D eigenvalue weighted by atomic mass is 10.2. The highest BCUT2D eigenvalue weighted by atomic mass is 16.4. The molecule has 8 nitrogen and oxygen atoms in total. The van der Waals surface area contributed by atoms with Crippen LogP contribution in [-0.2, 0) is 9.59 Å². The summed E-state index contributed by atoms with van der Waals surface area (Å²) >= 11 is 0. The van der Waals surface area contributed by atoms with Gasteiger partial charge in [0.25, 0.3) is 0 Å². The van der Waals surface area contributed by atoms with Gasteiger partial charge in [-0.15, -0.1) is 0 Å². The highest BCUT2D eigenvalue weighted by molar-refractivity contribution is 5.96. The van der Waals surface area contributed by atoms with Crippen molar-refractivity contribution in [1.82, 2.24) is 4.90 Å². The number of carbonyl (C=O) groups is 3. The van der Waals surface area contributed by atoms with Crippen LogP contribution in [0.1, 0.15) is 0 Å². The second-order valence-corrected chi connectivity index (χ2v) is 4.49. The molecule has 0 aliphatic heterocycles. The van der Waals surface area contributed by atoms with E-state index in [9.17, 15) is 14.4 Å². The van der Waals surface area contributed by atoms with Crippen LogP contribution in [0, 0.1) is 0 Å². The van der Waals surface area contributed by atoms with Crippen molar-refractivity contribution in [2.24, 2.45) is 0 Å². The number of hydrogen-bond donors (Lipinski definition) is 3. The van der Waals surface area contributed by atoms with Gasteiger partial charge in [-0.3, -0.25) is 9.59 Å². The van der Waals surface area contributed by atoms with Gasteiger partial charge in [0, 0.05) is 14.1 Å². The molecule has 0 saturated heterocycles. The van der Waals surface area contributed by atoms with Gasteiger partial charge >= 0.3 is 18.0 Å². The molecule has 0 saturated carbocycles. The Morgan fingerprint density at radius 3 is 2.05 bits per heavy atom. The molecule has 0 fully saturated rings. The van der Waals surface area contributed by atoms with E-state index in [1.54, 1.807) is 43.3 Å². The Bertz CT molecular complexity index is 528. The number of rotatable bonds is 6. The van der Waals surface area contributed by atoms with Gasteiger partial charge in [-0.2, -0.15) is 0 Å². The van der Waals surface area contributed by atoms with Crippen molar-refractivity contribution in [2.75, 3.05) is 37.4 Å². The zero-order valence-electron chi connectivity index (χ0n) is 11.7. The molecule has 3 N–H and O–H groups in total. The average Bonchev–Trinajstić information content (AvgIpc) is 2.37. The number of amides is 2. The number of nitrogens with zero attached hydrogens (tertiary/aromatic N) is 2. The summed E-state index contributed by atoms with van der Waals surface area (Å²) in [5, 5.41) is 20.0. The van der Waals surface area contributed by atoms with Gasteiger partial charge in [-0.25, -0.2) is 4.79 Å². The summed E-state index contributed by atoms with van der Waals surface area (Å²) in [5.74, 6) is -2.57. The standard InChI is InChI=1S/C13H17N3O5/c1-15(2)10-6-4-3-5-9(10)14-13(21)16(7-11(17)18)8-12(19)20/h3-6H,7-8H2,1-2H3,(H,14,21)(H,17,18)(H,19,20). The Balaban J connectivity index is 2.91. The van der Waals surface area contributed by atoms with Crippen molar-refractivity contribution in [3.05, 3.63) is 24.3 Å². The molecule has 0 unspecified atom stereocenters. The van der Waals surface area contributed by atoms with Gasteiger partial charge in [-0.05, 0) is 12.1 Å². The molecule has 0 aliphatic rings. The van der Waals surface area contributed by atoms with Gasteiger partial charge in [0.15, 0.2) is 0 Å². The Kier molecular flexibility index (Phi) is 5.53. The van der Waals surface area contributed by atoms with Crippen molar-refractivity contribution in [3.63, 3.8) is 0 Å². The number of carboxylic acid groups (broad SMARTS) is 2. The molecular weight excluding hydrogens is 278 g/mol. The van der Waals surface area contributed by atoms with Crippen molar-refractivity contribution < 1.29 is 24.6 Å². The maximum Gasteiger partial charge on any atom is 0.323 e. The normalized spacial score (nSPS) is 9.81. The lowest BCUT2D eigenvalue weighted by molar-refractivity contribution is -0.140. The molecule has 2 amide bonds. The lowest BCUT2D eigenvalue weighted by Gasteiger charge is -2.22. The predicted octanol–water partition coefficient (Wildman–Crippen LogP) is 0.756. The molecule has 0 radical (unpaired) electrons. The van der Waals surface area contributed by atoms with Gasteiger partial charge in [-0.1, -0.05) is 12.1 Å². The minimum atomic E-state index is -1.28. The highest BCUT2D eigenvalue weighted by Crippen LogP contribution is 2.23. The average molecular weight is 295 g/mol.